The molecule has 1 aliphatic carbocycles. The summed E-state index contributed by atoms with van der Waals surface area (Å²) >= 11 is 6.41. The van der Waals surface area contributed by atoms with Crippen LogP contribution in [0.5, 0.6) is 0 Å². The molecule has 1 fully saturated rings. The normalized spacial score (nSPS) is 16.5. The van der Waals surface area contributed by atoms with Gasteiger partial charge in [-0.25, -0.2) is 19.7 Å². The van der Waals surface area contributed by atoms with Gasteiger partial charge < -0.3 is 15.4 Å². The van der Waals surface area contributed by atoms with Gasteiger partial charge in [0.15, 0.2) is 11.5 Å². The van der Waals surface area contributed by atoms with Crippen LogP contribution in [0.2, 0.25) is 5.02 Å². The molecule has 0 unspecified atom stereocenters. The molecule has 2 aromatic heterocycles. The van der Waals surface area contributed by atoms with Crippen LogP contribution in [0.15, 0.2) is 36.5 Å². The van der Waals surface area contributed by atoms with E-state index in [9.17, 15) is 4.79 Å². The maximum atomic E-state index is 12.9. The molecule has 176 valence electrons. The molecule has 34 heavy (non-hydrogen) atoms. The number of aryl methyl sites for hydroxylation is 1. The largest absolute Gasteiger partial charge is 0.461 e. The molecule has 8 heteroatoms. The van der Waals surface area contributed by atoms with E-state index in [1.54, 1.807) is 19.2 Å². The minimum absolute atomic E-state index is 0.208. The molecule has 3 heterocycles. The lowest BCUT2D eigenvalue weighted by atomic mass is 9.76. The minimum Gasteiger partial charge on any atom is -0.461 e. The van der Waals surface area contributed by atoms with Crippen molar-refractivity contribution in [1.82, 2.24) is 15.0 Å². The number of carbonyl (C=O) groups is 1. The van der Waals surface area contributed by atoms with Crippen LogP contribution in [-0.2, 0) is 17.6 Å². The predicted octanol–water partition coefficient (Wildman–Crippen LogP) is 4.64. The van der Waals surface area contributed by atoms with E-state index in [0.29, 0.717) is 27.8 Å². The highest BCUT2D eigenvalue weighted by molar-refractivity contribution is 6.35. The van der Waals surface area contributed by atoms with Gasteiger partial charge in [-0.3, -0.25) is 0 Å². The number of esters is 1. The average Bonchev–Trinajstić information content (AvgIpc) is 3.19. The number of ether oxygens (including phenoxy) is 1. The molecule has 1 saturated heterocycles. The summed E-state index contributed by atoms with van der Waals surface area (Å²) in [4.78, 5) is 28.7. The first-order valence-corrected chi connectivity index (χ1v) is 12.1. The third kappa shape index (κ3) is 3.98. The number of hydrogen-bond donors (Lipinski definition) is 1. The second kappa shape index (κ2) is 8.87. The first-order chi connectivity index (χ1) is 16.4. The molecule has 1 aliphatic heterocycles. The standard InChI is InChI=1S/C26H28ClN5O2/c1-3-34-25(33)22-24(30-16(2)21(31-22)19-8-11-29-23(28)20(19)27)32-12-9-26(10-13-32)14-17-6-4-5-7-18(17)15-26/h4-8,11H,3,9-10,12-15H2,1-2H3,(H2,28,29). The molecular weight excluding hydrogens is 450 g/mol. The van der Waals surface area contributed by atoms with Crippen LogP contribution < -0.4 is 10.6 Å². The van der Waals surface area contributed by atoms with E-state index in [0.717, 1.165) is 38.8 Å². The summed E-state index contributed by atoms with van der Waals surface area (Å²) in [6, 6.07) is 10.5. The molecule has 0 saturated carbocycles. The van der Waals surface area contributed by atoms with E-state index in [1.165, 1.54) is 11.1 Å². The summed E-state index contributed by atoms with van der Waals surface area (Å²) in [6.45, 7) is 5.54. The van der Waals surface area contributed by atoms with Crippen LogP contribution in [-0.4, -0.2) is 40.6 Å². The van der Waals surface area contributed by atoms with Crippen molar-refractivity contribution in [2.45, 2.75) is 39.5 Å². The van der Waals surface area contributed by atoms with Gasteiger partial charge in [0.1, 0.15) is 5.82 Å². The van der Waals surface area contributed by atoms with Crippen molar-refractivity contribution in [2.75, 3.05) is 30.3 Å². The number of nitrogen functional groups attached to an aromatic ring is 1. The van der Waals surface area contributed by atoms with E-state index >= 15 is 0 Å². The van der Waals surface area contributed by atoms with E-state index in [2.05, 4.69) is 34.1 Å². The van der Waals surface area contributed by atoms with Gasteiger partial charge >= 0.3 is 5.97 Å². The summed E-state index contributed by atoms with van der Waals surface area (Å²) in [5, 5.41) is 0.295. The summed E-state index contributed by atoms with van der Waals surface area (Å²) in [5.74, 6) is 0.294. The van der Waals surface area contributed by atoms with Crippen molar-refractivity contribution >= 4 is 29.2 Å². The highest BCUT2D eigenvalue weighted by atomic mass is 35.5. The molecular formula is C26H28ClN5O2. The Morgan fingerprint density at radius 2 is 1.82 bits per heavy atom. The zero-order valence-electron chi connectivity index (χ0n) is 19.5. The van der Waals surface area contributed by atoms with Gasteiger partial charge in [0.25, 0.3) is 0 Å². The fraction of sp³-hybridized carbons (Fsp3) is 0.385. The predicted molar refractivity (Wildman–Crippen MR) is 133 cm³/mol. The van der Waals surface area contributed by atoms with Crippen LogP contribution in [0.3, 0.4) is 0 Å². The molecule has 5 rings (SSSR count). The smallest absolute Gasteiger partial charge is 0.360 e. The number of benzene rings is 1. The van der Waals surface area contributed by atoms with E-state index in [4.69, 9.17) is 32.0 Å². The fourth-order valence-electron chi connectivity index (χ4n) is 5.28. The summed E-state index contributed by atoms with van der Waals surface area (Å²) in [5.41, 5.74) is 11.1. The monoisotopic (exact) mass is 477 g/mol. The molecule has 1 spiro atoms. The minimum atomic E-state index is -0.488. The summed E-state index contributed by atoms with van der Waals surface area (Å²) in [7, 11) is 0. The van der Waals surface area contributed by atoms with Crippen molar-refractivity contribution in [3.63, 3.8) is 0 Å². The SMILES string of the molecule is CCOC(=O)c1nc(-c2ccnc(N)c2Cl)c(C)nc1N1CCC2(CC1)Cc1ccccc1C2. The highest BCUT2D eigenvalue weighted by Crippen LogP contribution is 2.45. The number of nitrogens with two attached hydrogens (primary N) is 1. The lowest BCUT2D eigenvalue weighted by Gasteiger charge is -2.40. The average molecular weight is 478 g/mol. The number of anilines is 2. The Bertz CT molecular complexity index is 1230. The maximum Gasteiger partial charge on any atom is 0.360 e. The molecule has 0 atom stereocenters. The van der Waals surface area contributed by atoms with Crippen molar-refractivity contribution in [3.8, 4) is 11.3 Å². The van der Waals surface area contributed by atoms with Crippen LogP contribution in [0.1, 0.15) is 47.1 Å². The van der Waals surface area contributed by atoms with Crippen molar-refractivity contribution in [1.29, 1.82) is 0 Å². The second-order valence-electron chi connectivity index (χ2n) is 9.22. The number of halogens is 1. The van der Waals surface area contributed by atoms with E-state index in [-0.39, 0.29) is 23.5 Å². The number of nitrogens with zero attached hydrogens (tertiary/aromatic N) is 4. The third-order valence-electron chi connectivity index (χ3n) is 7.06. The van der Waals surface area contributed by atoms with Crippen molar-refractivity contribution < 1.29 is 9.53 Å². The molecule has 2 aliphatic rings. The van der Waals surface area contributed by atoms with Crippen molar-refractivity contribution in [3.05, 3.63) is 64.1 Å². The van der Waals surface area contributed by atoms with Crippen LogP contribution in [0, 0.1) is 12.3 Å². The topological polar surface area (TPSA) is 94.2 Å². The lowest BCUT2D eigenvalue weighted by Crippen LogP contribution is -2.42. The van der Waals surface area contributed by atoms with E-state index < -0.39 is 5.97 Å². The number of rotatable bonds is 4. The number of pyridine rings is 1. The Balaban J connectivity index is 1.46. The van der Waals surface area contributed by atoms with Crippen molar-refractivity contribution in [2.24, 2.45) is 5.41 Å². The maximum absolute atomic E-state index is 12.9. The van der Waals surface area contributed by atoms with Crippen LogP contribution in [0.25, 0.3) is 11.3 Å². The van der Waals surface area contributed by atoms with Gasteiger partial charge in [-0.05, 0) is 62.1 Å². The molecule has 3 aromatic rings. The van der Waals surface area contributed by atoms with Gasteiger partial charge in [0.05, 0.1) is 23.0 Å². The Kier molecular flexibility index (Phi) is 5.90. The Hall–Kier alpha value is -3.19. The molecule has 1 aromatic carbocycles. The molecule has 0 amide bonds. The van der Waals surface area contributed by atoms with Gasteiger partial charge in [-0.2, -0.15) is 0 Å². The van der Waals surface area contributed by atoms with Gasteiger partial charge in [-0.1, -0.05) is 35.9 Å². The Morgan fingerprint density at radius 1 is 1.15 bits per heavy atom. The first kappa shape index (κ1) is 22.6. The summed E-state index contributed by atoms with van der Waals surface area (Å²) in [6.07, 6.45) is 5.89. The van der Waals surface area contributed by atoms with Crippen LogP contribution in [0.4, 0.5) is 11.6 Å². The molecule has 0 radical (unpaired) electrons. The Labute approximate surface area is 204 Å². The first-order valence-electron chi connectivity index (χ1n) is 11.7. The van der Waals surface area contributed by atoms with Gasteiger partial charge in [-0.15, -0.1) is 0 Å². The van der Waals surface area contributed by atoms with E-state index in [1.807, 2.05) is 6.92 Å². The van der Waals surface area contributed by atoms with Gasteiger partial charge in [0.2, 0.25) is 0 Å². The second-order valence-corrected chi connectivity index (χ2v) is 9.60. The lowest BCUT2D eigenvalue weighted by molar-refractivity contribution is 0.0519. The fourth-order valence-corrected chi connectivity index (χ4v) is 5.48. The highest BCUT2D eigenvalue weighted by Gasteiger charge is 2.40. The zero-order valence-corrected chi connectivity index (χ0v) is 20.2. The Morgan fingerprint density at radius 3 is 2.47 bits per heavy atom. The number of fused-ring (bicyclic) bond motifs is 1. The number of piperidine rings is 1. The van der Waals surface area contributed by atoms with Crippen LogP contribution >= 0.6 is 11.6 Å². The zero-order chi connectivity index (χ0) is 23.9. The summed E-state index contributed by atoms with van der Waals surface area (Å²) < 4.78 is 5.34. The molecule has 2 N–H and O–H groups in total. The number of hydrogen-bond acceptors (Lipinski definition) is 7. The number of aromatic nitrogens is 3. The number of carbonyl (C=O) groups excluding carboxylic acids is 1. The van der Waals surface area contributed by atoms with Gasteiger partial charge in [0, 0.05) is 24.8 Å². The third-order valence-corrected chi connectivity index (χ3v) is 7.46. The molecule has 0 bridgehead atoms. The molecule has 7 nitrogen and oxygen atoms in total. The quantitative estimate of drug-likeness (QED) is 0.547.